The molecule has 1 N–H and O–H groups in total. The summed E-state index contributed by atoms with van der Waals surface area (Å²) < 4.78 is 0. The zero-order valence-corrected chi connectivity index (χ0v) is 15.4. The molecule has 0 atom stereocenters. The third-order valence-electron chi connectivity index (χ3n) is 4.97. The quantitative estimate of drug-likeness (QED) is 0.900. The lowest BCUT2D eigenvalue weighted by Gasteiger charge is -2.33. The van der Waals surface area contributed by atoms with E-state index in [-0.39, 0.29) is 5.91 Å². The van der Waals surface area contributed by atoms with Gasteiger partial charge in [0, 0.05) is 42.7 Å². The first kappa shape index (κ1) is 17.2. The summed E-state index contributed by atoms with van der Waals surface area (Å²) in [5.74, 6) is 3.27. The Bertz CT molecular complexity index is 561. The first-order chi connectivity index (χ1) is 11.4. The molecule has 1 aromatic heterocycles. The van der Waals surface area contributed by atoms with E-state index in [4.69, 9.17) is 9.97 Å². The molecule has 1 saturated carbocycles. The molecular formula is C19H30N4O. The fraction of sp³-hybridized carbons (Fsp3) is 0.737. The van der Waals surface area contributed by atoms with Gasteiger partial charge in [-0.1, -0.05) is 27.7 Å². The molecule has 1 saturated heterocycles. The topological polar surface area (TPSA) is 58.1 Å². The van der Waals surface area contributed by atoms with Crippen molar-refractivity contribution in [3.63, 3.8) is 0 Å². The lowest BCUT2D eigenvalue weighted by Crippen LogP contribution is -2.45. The average Bonchev–Trinajstić information content (AvgIpc) is 3.40. The third-order valence-corrected chi connectivity index (χ3v) is 4.97. The van der Waals surface area contributed by atoms with Gasteiger partial charge in [0.25, 0.3) is 0 Å². The fourth-order valence-corrected chi connectivity index (χ4v) is 3.10. The maximum absolute atomic E-state index is 11.9. The fourth-order valence-electron chi connectivity index (χ4n) is 3.10. The van der Waals surface area contributed by atoms with Crippen molar-refractivity contribution in [1.82, 2.24) is 15.3 Å². The van der Waals surface area contributed by atoms with Crippen molar-refractivity contribution in [3.8, 4) is 0 Å². The van der Waals surface area contributed by atoms with E-state index in [0.29, 0.717) is 23.8 Å². The Morgan fingerprint density at radius 1 is 1.08 bits per heavy atom. The lowest BCUT2D eigenvalue weighted by atomic mass is 10.0. The smallest absolute Gasteiger partial charge is 0.223 e. The molecule has 5 nitrogen and oxygen atoms in total. The van der Waals surface area contributed by atoms with E-state index in [1.54, 1.807) is 0 Å². The average molecular weight is 330 g/mol. The first-order valence-corrected chi connectivity index (χ1v) is 9.38. The Morgan fingerprint density at radius 3 is 2.29 bits per heavy atom. The SMILES string of the molecule is CC(C)c1cc(N2CCC(NC(=O)C3CC3)CC2)nc(C(C)C)n1. The van der Waals surface area contributed by atoms with Crippen molar-refractivity contribution in [2.75, 3.05) is 18.0 Å². The van der Waals surface area contributed by atoms with Crippen molar-refractivity contribution < 1.29 is 4.79 Å². The summed E-state index contributed by atoms with van der Waals surface area (Å²) in [6, 6.07) is 2.46. The summed E-state index contributed by atoms with van der Waals surface area (Å²) in [6.07, 6.45) is 4.14. The van der Waals surface area contributed by atoms with E-state index in [0.717, 1.165) is 56.1 Å². The number of hydrogen-bond acceptors (Lipinski definition) is 4. The van der Waals surface area contributed by atoms with Crippen LogP contribution in [0.25, 0.3) is 0 Å². The Kier molecular flexibility index (Phi) is 5.07. The Labute approximate surface area is 145 Å². The van der Waals surface area contributed by atoms with Crippen LogP contribution in [0.2, 0.25) is 0 Å². The van der Waals surface area contributed by atoms with Crippen LogP contribution in [-0.2, 0) is 4.79 Å². The van der Waals surface area contributed by atoms with Gasteiger partial charge in [0.15, 0.2) is 0 Å². The van der Waals surface area contributed by atoms with Gasteiger partial charge in [-0.2, -0.15) is 0 Å². The van der Waals surface area contributed by atoms with Gasteiger partial charge in [-0.25, -0.2) is 9.97 Å². The number of nitrogens with one attached hydrogen (secondary N) is 1. The van der Waals surface area contributed by atoms with Crippen LogP contribution >= 0.6 is 0 Å². The number of hydrogen-bond donors (Lipinski definition) is 1. The number of carbonyl (C=O) groups excluding carboxylic acids is 1. The monoisotopic (exact) mass is 330 g/mol. The predicted octanol–water partition coefficient (Wildman–Crippen LogP) is 3.22. The first-order valence-electron chi connectivity index (χ1n) is 9.38. The van der Waals surface area contributed by atoms with Crippen LogP contribution in [0.5, 0.6) is 0 Å². The molecule has 2 aliphatic rings. The molecule has 2 fully saturated rings. The van der Waals surface area contributed by atoms with Gasteiger partial charge in [-0.3, -0.25) is 4.79 Å². The van der Waals surface area contributed by atoms with Gasteiger partial charge in [-0.05, 0) is 31.6 Å². The third kappa shape index (κ3) is 4.05. The maximum atomic E-state index is 11.9. The van der Waals surface area contributed by atoms with Gasteiger partial charge in [-0.15, -0.1) is 0 Å². The van der Waals surface area contributed by atoms with Gasteiger partial charge in [0.2, 0.25) is 5.91 Å². The molecule has 24 heavy (non-hydrogen) atoms. The molecule has 1 aromatic rings. The summed E-state index contributed by atoms with van der Waals surface area (Å²) in [4.78, 5) is 23.8. The second-order valence-electron chi connectivity index (χ2n) is 7.86. The molecule has 1 aliphatic carbocycles. The highest BCUT2D eigenvalue weighted by Gasteiger charge is 2.32. The Hall–Kier alpha value is -1.65. The van der Waals surface area contributed by atoms with Crippen LogP contribution in [0.3, 0.4) is 0 Å². The van der Waals surface area contributed by atoms with Gasteiger partial charge >= 0.3 is 0 Å². The minimum absolute atomic E-state index is 0.264. The van der Waals surface area contributed by atoms with Crippen molar-refractivity contribution in [1.29, 1.82) is 0 Å². The van der Waals surface area contributed by atoms with Crippen LogP contribution in [0.15, 0.2) is 6.07 Å². The van der Waals surface area contributed by atoms with Gasteiger partial charge < -0.3 is 10.2 Å². The summed E-state index contributed by atoms with van der Waals surface area (Å²) >= 11 is 0. The van der Waals surface area contributed by atoms with Crippen molar-refractivity contribution >= 4 is 11.7 Å². The zero-order chi connectivity index (χ0) is 17.3. The number of aromatic nitrogens is 2. The van der Waals surface area contributed by atoms with Crippen LogP contribution in [-0.4, -0.2) is 35.0 Å². The summed E-state index contributed by atoms with van der Waals surface area (Å²) in [7, 11) is 0. The minimum Gasteiger partial charge on any atom is -0.356 e. The van der Waals surface area contributed by atoms with Crippen LogP contribution in [0, 0.1) is 5.92 Å². The molecule has 1 amide bonds. The molecular weight excluding hydrogens is 300 g/mol. The standard InChI is InChI=1S/C19H30N4O/c1-12(2)16-11-17(22-18(21-16)13(3)4)23-9-7-15(8-10-23)20-19(24)14-5-6-14/h11-15H,5-10H2,1-4H3,(H,20,24). The number of piperidine rings is 1. The van der Waals surface area contributed by atoms with E-state index in [1.165, 1.54) is 0 Å². The van der Waals surface area contributed by atoms with Crippen molar-refractivity contribution in [2.45, 2.75) is 71.3 Å². The molecule has 0 aromatic carbocycles. The number of carbonyl (C=O) groups is 1. The minimum atomic E-state index is 0.264. The largest absolute Gasteiger partial charge is 0.356 e. The van der Waals surface area contributed by atoms with Crippen molar-refractivity contribution in [3.05, 3.63) is 17.6 Å². The van der Waals surface area contributed by atoms with Crippen LogP contribution < -0.4 is 10.2 Å². The molecule has 132 valence electrons. The van der Waals surface area contributed by atoms with E-state index in [9.17, 15) is 4.79 Å². The van der Waals surface area contributed by atoms with E-state index in [2.05, 4.69) is 44.0 Å². The Balaban J connectivity index is 1.65. The van der Waals surface area contributed by atoms with E-state index < -0.39 is 0 Å². The lowest BCUT2D eigenvalue weighted by molar-refractivity contribution is -0.123. The van der Waals surface area contributed by atoms with E-state index in [1.807, 2.05) is 0 Å². The number of amides is 1. The molecule has 0 bridgehead atoms. The molecule has 0 unspecified atom stereocenters. The summed E-state index contributed by atoms with van der Waals surface area (Å²) in [5.41, 5.74) is 1.12. The molecule has 1 aliphatic heterocycles. The van der Waals surface area contributed by atoms with Crippen LogP contribution in [0.1, 0.15) is 76.7 Å². The predicted molar refractivity (Wildman–Crippen MR) is 96.3 cm³/mol. The number of nitrogens with zero attached hydrogens (tertiary/aromatic N) is 3. The second kappa shape index (κ2) is 7.08. The highest BCUT2D eigenvalue weighted by Crippen LogP contribution is 2.29. The maximum Gasteiger partial charge on any atom is 0.223 e. The molecule has 3 rings (SSSR count). The van der Waals surface area contributed by atoms with Gasteiger partial charge in [0.05, 0.1) is 0 Å². The number of anilines is 1. The highest BCUT2D eigenvalue weighted by atomic mass is 16.2. The summed E-state index contributed by atoms with van der Waals surface area (Å²) in [5, 5.41) is 3.21. The molecule has 5 heteroatoms. The molecule has 0 spiro atoms. The molecule has 2 heterocycles. The highest BCUT2D eigenvalue weighted by molar-refractivity contribution is 5.81. The zero-order valence-electron chi connectivity index (χ0n) is 15.4. The van der Waals surface area contributed by atoms with Crippen LogP contribution in [0.4, 0.5) is 5.82 Å². The summed E-state index contributed by atoms with van der Waals surface area (Å²) in [6.45, 7) is 10.5. The Morgan fingerprint density at radius 2 is 1.75 bits per heavy atom. The van der Waals surface area contributed by atoms with E-state index >= 15 is 0 Å². The van der Waals surface area contributed by atoms with Gasteiger partial charge in [0.1, 0.15) is 11.6 Å². The number of rotatable bonds is 5. The normalized spacial score (nSPS) is 19.2. The van der Waals surface area contributed by atoms with Crippen molar-refractivity contribution in [2.24, 2.45) is 5.92 Å². The second-order valence-corrected chi connectivity index (χ2v) is 7.86. The molecule has 0 radical (unpaired) electrons.